The molecule has 0 fully saturated rings. The third-order valence-electron chi connectivity index (χ3n) is 5.25. The van der Waals surface area contributed by atoms with Gasteiger partial charge in [0.1, 0.15) is 5.82 Å². The first-order chi connectivity index (χ1) is 15.5. The summed E-state index contributed by atoms with van der Waals surface area (Å²) in [6, 6.07) is 18.6. The smallest absolute Gasteiger partial charge is 0.329 e. The van der Waals surface area contributed by atoms with Crippen LogP contribution in [0, 0.1) is 12.7 Å². The van der Waals surface area contributed by atoms with Gasteiger partial charge in [-0.05, 0) is 31.2 Å². The fourth-order valence-corrected chi connectivity index (χ4v) is 3.49. The van der Waals surface area contributed by atoms with E-state index in [0.29, 0.717) is 22.3 Å². The third-order valence-corrected chi connectivity index (χ3v) is 5.25. The Labute approximate surface area is 180 Å². The molecule has 0 bridgehead atoms. The normalized spacial score (nSPS) is 11.2. The summed E-state index contributed by atoms with van der Waals surface area (Å²) in [5, 5.41) is 4.31. The Bertz CT molecular complexity index is 1570. The number of hydrogen-bond acceptors (Lipinski definition) is 5. The molecule has 0 aliphatic heterocycles. The molecule has 0 aliphatic rings. The van der Waals surface area contributed by atoms with Gasteiger partial charge in [0.2, 0.25) is 5.82 Å². The summed E-state index contributed by atoms with van der Waals surface area (Å²) in [5.41, 5.74) is 1.94. The monoisotopic (exact) mass is 428 g/mol. The standard InChI is InChI=1S/C24H17FN4O3/c1-14-6-8-15(9-7-14)21-27-22(32-28-21)16-10-11-18-20(12-16)26-24(31)29(23(18)30)13-17-4-2-3-5-19(17)25/h2-12H,13H2,1H3,(H,26,31). The van der Waals surface area contributed by atoms with Crippen LogP contribution < -0.4 is 11.2 Å². The van der Waals surface area contributed by atoms with Gasteiger partial charge in [0.25, 0.3) is 11.4 Å². The van der Waals surface area contributed by atoms with Gasteiger partial charge in [0.05, 0.1) is 17.4 Å². The number of halogens is 1. The Balaban J connectivity index is 1.53. The lowest BCUT2D eigenvalue weighted by Crippen LogP contribution is -2.35. The summed E-state index contributed by atoms with van der Waals surface area (Å²) < 4.78 is 20.3. The molecule has 5 rings (SSSR count). The van der Waals surface area contributed by atoms with Crippen LogP contribution in [0.15, 0.2) is 80.8 Å². The molecule has 8 heteroatoms. The molecule has 0 atom stereocenters. The second-order valence-corrected chi connectivity index (χ2v) is 7.46. The van der Waals surface area contributed by atoms with Crippen LogP contribution in [0.5, 0.6) is 0 Å². The van der Waals surface area contributed by atoms with Gasteiger partial charge in [0.15, 0.2) is 0 Å². The fourth-order valence-electron chi connectivity index (χ4n) is 3.49. The van der Waals surface area contributed by atoms with Gasteiger partial charge >= 0.3 is 5.69 Å². The van der Waals surface area contributed by atoms with Crippen molar-refractivity contribution in [2.45, 2.75) is 13.5 Å². The zero-order valence-electron chi connectivity index (χ0n) is 17.0. The molecule has 0 saturated heterocycles. The highest BCUT2D eigenvalue weighted by Gasteiger charge is 2.14. The van der Waals surface area contributed by atoms with Gasteiger partial charge in [0, 0.05) is 16.7 Å². The SMILES string of the molecule is Cc1ccc(-c2noc(-c3ccc4c(=O)n(Cc5ccccc5F)c(=O)[nH]c4c3)n2)cc1. The first kappa shape index (κ1) is 19.6. The lowest BCUT2D eigenvalue weighted by atomic mass is 10.1. The molecule has 7 nitrogen and oxygen atoms in total. The largest absolute Gasteiger partial charge is 0.334 e. The summed E-state index contributed by atoms with van der Waals surface area (Å²) in [6.07, 6.45) is 0. The Morgan fingerprint density at radius 1 is 1.00 bits per heavy atom. The van der Waals surface area contributed by atoms with Gasteiger partial charge in [-0.15, -0.1) is 0 Å². The number of aromatic amines is 1. The van der Waals surface area contributed by atoms with Crippen LogP contribution >= 0.6 is 0 Å². The van der Waals surface area contributed by atoms with E-state index < -0.39 is 17.1 Å². The number of rotatable bonds is 4. The second kappa shape index (κ2) is 7.73. The minimum absolute atomic E-state index is 0.165. The predicted octanol–water partition coefficient (Wildman–Crippen LogP) is 3.90. The molecule has 0 unspecified atom stereocenters. The van der Waals surface area contributed by atoms with E-state index >= 15 is 0 Å². The van der Waals surface area contributed by atoms with Crippen LogP contribution in [0.2, 0.25) is 0 Å². The molecule has 0 aliphatic carbocycles. The molecule has 3 aromatic carbocycles. The summed E-state index contributed by atoms with van der Waals surface area (Å²) in [6.45, 7) is 1.83. The quantitative estimate of drug-likeness (QED) is 0.469. The van der Waals surface area contributed by atoms with E-state index in [1.807, 2.05) is 31.2 Å². The van der Waals surface area contributed by atoms with Crippen molar-refractivity contribution >= 4 is 10.9 Å². The molecule has 2 heterocycles. The van der Waals surface area contributed by atoms with Gasteiger partial charge < -0.3 is 9.51 Å². The van der Waals surface area contributed by atoms with Crippen LogP contribution in [0.25, 0.3) is 33.7 Å². The lowest BCUT2D eigenvalue weighted by molar-refractivity contribution is 0.432. The van der Waals surface area contributed by atoms with Crippen LogP contribution in [-0.4, -0.2) is 19.7 Å². The van der Waals surface area contributed by atoms with Crippen LogP contribution in [-0.2, 0) is 6.54 Å². The molecule has 32 heavy (non-hydrogen) atoms. The number of nitrogens with zero attached hydrogens (tertiary/aromatic N) is 3. The maximum absolute atomic E-state index is 14.0. The highest BCUT2D eigenvalue weighted by molar-refractivity contribution is 5.82. The molecule has 0 radical (unpaired) electrons. The summed E-state index contributed by atoms with van der Waals surface area (Å²) in [7, 11) is 0. The van der Waals surface area contributed by atoms with Crippen molar-refractivity contribution < 1.29 is 8.91 Å². The summed E-state index contributed by atoms with van der Waals surface area (Å²) >= 11 is 0. The van der Waals surface area contributed by atoms with E-state index in [9.17, 15) is 14.0 Å². The number of nitrogens with one attached hydrogen (secondary N) is 1. The van der Waals surface area contributed by atoms with Crippen molar-refractivity contribution in [2.24, 2.45) is 0 Å². The van der Waals surface area contributed by atoms with Crippen LogP contribution in [0.3, 0.4) is 0 Å². The minimum Gasteiger partial charge on any atom is -0.334 e. The van der Waals surface area contributed by atoms with Crippen molar-refractivity contribution in [2.75, 3.05) is 0 Å². The Kier molecular flexibility index (Phi) is 4.74. The van der Waals surface area contributed by atoms with Crippen molar-refractivity contribution in [3.05, 3.63) is 105 Å². The number of benzene rings is 3. The molecular formula is C24H17FN4O3. The number of fused-ring (bicyclic) bond motifs is 1. The van der Waals surface area contributed by atoms with Gasteiger partial charge in [-0.25, -0.2) is 9.18 Å². The van der Waals surface area contributed by atoms with E-state index in [-0.39, 0.29) is 18.0 Å². The molecule has 0 amide bonds. The first-order valence-electron chi connectivity index (χ1n) is 9.91. The molecule has 0 saturated carbocycles. The second-order valence-electron chi connectivity index (χ2n) is 7.46. The minimum atomic E-state index is -0.631. The molecular weight excluding hydrogens is 411 g/mol. The van der Waals surface area contributed by atoms with E-state index in [0.717, 1.165) is 15.7 Å². The maximum Gasteiger partial charge on any atom is 0.329 e. The lowest BCUT2D eigenvalue weighted by Gasteiger charge is -2.08. The fraction of sp³-hybridized carbons (Fsp3) is 0.0833. The van der Waals surface area contributed by atoms with E-state index in [1.54, 1.807) is 30.3 Å². The molecule has 0 spiro atoms. The number of H-pyrrole nitrogens is 1. The average molecular weight is 428 g/mol. The molecule has 5 aromatic rings. The zero-order chi connectivity index (χ0) is 22.2. The van der Waals surface area contributed by atoms with Crippen LogP contribution in [0.4, 0.5) is 4.39 Å². The summed E-state index contributed by atoms with van der Waals surface area (Å²) in [5.74, 6) is 0.225. The Morgan fingerprint density at radius 2 is 1.75 bits per heavy atom. The Morgan fingerprint density at radius 3 is 2.53 bits per heavy atom. The predicted molar refractivity (Wildman–Crippen MR) is 118 cm³/mol. The summed E-state index contributed by atoms with van der Waals surface area (Å²) in [4.78, 5) is 32.6. The van der Waals surface area contributed by atoms with E-state index in [4.69, 9.17) is 4.52 Å². The molecule has 158 valence electrons. The molecule has 2 aromatic heterocycles. The number of aromatic nitrogens is 4. The van der Waals surface area contributed by atoms with Crippen molar-refractivity contribution in [3.63, 3.8) is 0 Å². The maximum atomic E-state index is 14.0. The number of aryl methyl sites for hydroxylation is 1. The first-order valence-corrected chi connectivity index (χ1v) is 9.91. The highest BCUT2D eigenvalue weighted by Crippen LogP contribution is 2.24. The number of hydrogen-bond donors (Lipinski definition) is 1. The van der Waals surface area contributed by atoms with Crippen molar-refractivity contribution in [1.29, 1.82) is 0 Å². The molecule has 1 N–H and O–H groups in total. The third kappa shape index (κ3) is 3.51. The topological polar surface area (TPSA) is 93.8 Å². The highest BCUT2D eigenvalue weighted by atomic mass is 19.1. The van der Waals surface area contributed by atoms with Gasteiger partial charge in [-0.3, -0.25) is 9.36 Å². The van der Waals surface area contributed by atoms with E-state index in [2.05, 4.69) is 15.1 Å². The Hall–Kier alpha value is -4.33. The zero-order valence-corrected chi connectivity index (χ0v) is 17.0. The van der Waals surface area contributed by atoms with Crippen molar-refractivity contribution in [1.82, 2.24) is 19.7 Å². The van der Waals surface area contributed by atoms with Crippen LogP contribution in [0.1, 0.15) is 11.1 Å². The van der Waals surface area contributed by atoms with Crippen molar-refractivity contribution in [3.8, 4) is 22.8 Å². The van der Waals surface area contributed by atoms with E-state index in [1.165, 1.54) is 12.1 Å². The average Bonchev–Trinajstić information content (AvgIpc) is 3.28. The van der Waals surface area contributed by atoms with Gasteiger partial charge in [-0.2, -0.15) is 4.98 Å². The van der Waals surface area contributed by atoms with Gasteiger partial charge in [-0.1, -0.05) is 53.2 Å².